The van der Waals surface area contributed by atoms with E-state index in [1.54, 1.807) is 0 Å². The molecule has 0 bridgehead atoms. The lowest BCUT2D eigenvalue weighted by Gasteiger charge is -2.07. The third kappa shape index (κ3) is 4.50. The van der Waals surface area contributed by atoms with Crippen LogP contribution in [-0.2, 0) is 18.5 Å². The monoisotopic (exact) mass is 346 g/mol. The molecular weight excluding hydrogens is 339 g/mol. The fourth-order valence-electron chi connectivity index (χ4n) is 1.16. The Bertz CT molecular complexity index is 585. The molecule has 0 spiro atoms. The van der Waals surface area contributed by atoms with Crippen LogP contribution < -0.4 is 0 Å². The molecule has 106 valence electrons. The number of halogens is 3. The first kappa shape index (κ1) is 16.5. The van der Waals surface area contributed by atoms with E-state index in [0.29, 0.717) is 0 Å². The molecule has 5 nitrogen and oxygen atoms in total. The van der Waals surface area contributed by atoms with Crippen molar-refractivity contribution < 1.29 is 22.7 Å². The van der Waals surface area contributed by atoms with Gasteiger partial charge in [0, 0.05) is 17.8 Å². The quantitative estimate of drug-likeness (QED) is 0.465. The van der Waals surface area contributed by atoms with E-state index in [4.69, 9.17) is 43.4 Å². The predicted octanol–water partition coefficient (Wildman–Crippen LogP) is 2.72. The van der Waals surface area contributed by atoms with Gasteiger partial charge in [-0.2, -0.15) is 0 Å². The van der Waals surface area contributed by atoms with Crippen LogP contribution in [0.3, 0.4) is 0 Å². The highest BCUT2D eigenvalue weighted by Crippen LogP contribution is 2.32. The van der Waals surface area contributed by atoms with Gasteiger partial charge >= 0.3 is 5.97 Å². The van der Waals surface area contributed by atoms with Crippen molar-refractivity contribution in [3.8, 4) is 0 Å². The average Bonchev–Trinajstić information content (AvgIpc) is 2.31. The maximum Gasteiger partial charge on any atom is 0.338 e. The topological polar surface area (TPSA) is 69.7 Å². The summed E-state index contributed by atoms with van der Waals surface area (Å²) in [4.78, 5) is 11.2. The normalized spacial score (nSPS) is 11.4. The van der Waals surface area contributed by atoms with Crippen molar-refractivity contribution in [2.45, 2.75) is 4.90 Å². The van der Waals surface area contributed by atoms with Gasteiger partial charge in [0.25, 0.3) is 9.05 Å². The second-order valence-electron chi connectivity index (χ2n) is 3.34. The summed E-state index contributed by atoms with van der Waals surface area (Å²) in [6.07, 6.45) is 0. The van der Waals surface area contributed by atoms with Gasteiger partial charge in [-0.05, 0) is 12.1 Å². The van der Waals surface area contributed by atoms with Crippen LogP contribution in [-0.4, -0.2) is 34.7 Å². The van der Waals surface area contributed by atoms with Gasteiger partial charge < -0.3 is 9.47 Å². The van der Waals surface area contributed by atoms with Crippen LogP contribution >= 0.6 is 33.9 Å². The van der Waals surface area contributed by atoms with Crippen LogP contribution in [0.1, 0.15) is 10.4 Å². The Morgan fingerprint density at radius 1 is 1.26 bits per heavy atom. The molecular formula is C10H9Cl3O5S. The summed E-state index contributed by atoms with van der Waals surface area (Å²) in [5.74, 6) is -0.753. The summed E-state index contributed by atoms with van der Waals surface area (Å²) in [6.45, 7) is 0.242. The van der Waals surface area contributed by atoms with Crippen LogP contribution in [0, 0.1) is 0 Å². The van der Waals surface area contributed by atoms with Crippen LogP contribution in [0.15, 0.2) is 17.0 Å². The minimum Gasteiger partial charge on any atom is -0.460 e. The second-order valence-corrected chi connectivity index (χ2v) is 6.66. The highest BCUT2D eigenvalue weighted by molar-refractivity contribution is 8.13. The number of esters is 1. The molecule has 0 heterocycles. The van der Waals surface area contributed by atoms with E-state index in [-0.39, 0.29) is 28.8 Å². The van der Waals surface area contributed by atoms with Gasteiger partial charge in [0.15, 0.2) is 0 Å². The molecule has 0 amide bonds. The molecule has 0 aliphatic rings. The van der Waals surface area contributed by atoms with Crippen LogP contribution in [0.4, 0.5) is 0 Å². The Hall–Kier alpha value is -0.530. The maximum absolute atomic E-state index is 11.6. The molecule has 19 heavy (non-hydrogen) atoms. The number of hydrogen-bond acceptors (Lipinski definition) is 5. The number of carbonyl (C=O) groups excluding carboxylic acids is 1. The van der Waals surface area contributed by atoms with Gasteiger partial charge in [0.1, 0.15) is 11.5 Å². The molecule has 1 aromatic rings. The van der Waals surface area contributed by atoms with Crippen molar-refractivity contribution in [2.75, 3.05) is 20.3 Å². The van der Waals surface area contributed by atoms with Crippen LogP contribution in [0.25, 0.3) is 0 Å². The first-order valence-corrected chi connectivity index (χ1v) is 7.93. The van der Waals surface area contributed by atoms with E-state index in [1.165, 1.54) is 13.2 Å². The molecule has 1 rings (SSSR count). The Balaban J connectivity index is 3.11. The number of carbonyl (C=O) groups is 1. The Labute approximate surface area is 124 Å². The van der Waals surface area contributed by atoms with Crippen molar-refractivity contribution in [1.29, 1.82) is 0 Å². The molecule has 0 saturated heterocycles. The largest absolute Gasteiger partial charge is 0.460 e. The third-order valence-electron chi connectivity index (χ3n) is 2.01. The first-order chi connectivity index (χ1) is 8.77. The van der Waals surface area contributed by atoms with Gasteiger partial charge in [0.2, 0.25) is 0 Å². The van der Waals surface area contributed by atoms with Gasteiger partial charge in [-0.1, -0.05) is 23.2 Å². The number of hydrogen-bond donors (Lipinski definition) is 0. The third-order valence-corrected chi connectivity index (χ3v) is 4.27. The van der Waals surface area contributed by atoms with E-state index in [0.717, 1.165) is 6.07 Å². The molecule has 1 aromatic carbocycles. The van der Waals surface area contributed by atoms with Gasteiger partial charge in [-0.3, -0.25) is 0 Å². The second kappa shape index (κ2) is 6.76. The molecule has 0 N–H and O–H groups in total. The summed E-state index contributed by atoms with van der Waals surface area (Å²) < 4.78 is 32.1. The molecule has 0 radical (unpaired) electrons. The van der Waals surface area contributed by atoms with E-state index >= 15 is 0 Å². The van der Waals surface area contributed by atoms with Crippen molar-refractivity contribution in [2.24, 2.45) is 0 Å². The van der Waals surface area contributed by atoms with Gasteiger partial charge in [-0.15, -0.1) is 0 Å². The fraction of sp³-hybridized carbons (Fsp3) is 0.300. The summed E-state index contributed by atoms with van der Waals surface area (Å²) in [5.41, 5.74) is -0.0651. The molecule has 0 aliphatic heterocycles. The molecule has 0 saturated carbocycles. The molecule has 9 heteroatoms. The molecule has 0 fully saturated rings. The lowest BCUT2D eigenvalue weighted by molar-refractivity contribution is 0.0388. The molecule has 0 unspecified atom stereocenters. The predicted molar refractivity (Wildman–Crippen MR) is 71.7 cm³/mol. The lowest BCUT2D eigenvalue weighted by Crippen LogP contribution is -2.10. The van der Waals surface area contributed by atoms with E-state index in [1.807, 2.05) is 0 Å². The summed E-state index contributed by atoms with van der Waals surface area (Å²) >= 11 is 11.5. The van der Waals surface area contributed by atoms with Crippen molar-refractivity contribution >= 4 is 48.9 Å². The number of rotatable bonds is 5. The summed E-state index contributed by atoms with van der Waals surface area (Å²) in [5, 5.41) is -0.354. The highest BCUT2D eigenvalue weighted by Gasteiger charge is 2.21. The van der Waals surface area contributed by atoms with Gasteiger partial charge in [0.05, 0.1) is 22.2 Å². The summed E-state index contributed by atoms with van der Waals surface area (Å²) in [7, 11) is 2.53. The average molecular weight is 348 g/mol. The lowest BCUT2D eigenvalue weighted by atomic mass is 10.2. The van der Waals surface area contributed by atoms with E-state index in [9.17, 15) is 13.2 Å². The Morgan fingerprint density at radius 2 is 1.89 bits per heavy atom. The van der Waals surface area contributed by atoms with Crippen molar-refractivity contribution in [1.82, 2.24) is 0 Å². The number of benzene rings is 1. The minimum atomic E-state index is -4.11. The molecule has 0 aliphatic carbocycles. The van der Waals surface area contributed by atoms with Crippen molar-refractivity contribution in [3.63, 3.8) is 0 Å². The Kier molecular flexibility index (Phi) is 5.88. The summed E-state index contributed by atoms with van der Waals surface area (Å²) in [6, 6.07) is 2.20. The van der Waals surface area contributed by atoms with E-state index < -0.39 is 19.9 Å². The molecule has 0 aromatic heterocycles. The van der Waals surface area contributed by atoms with Crippen LogP contribution in [0.2, 0.25) is 10.0 Å². The highest BCUT2D eigenvalue weighted by atomic mass is 35.7. The number of methoxy groups -OCH3 is 1. The standard InChI is InChI=1S/C10H9Cl3O5S/c1-17-2-3-18-10(14)6-4-7(11)9(12)8(5-6)19(13,15)16/h4-5H,2-3H2,1H3. The first-order valence-electron chi connectivity index (χ1n) is 4.87. The molecule has 0 atom stereocenters. The Morgan fingerprint density at radius 3 is 2.42 bits per heavy atom. The minimum absolute atomic E-state index is 0.0263. The van der Waals surface area contributed by atoms with Crippen LogP contribution in [0.5, 0.6) is 0 Å². The number of ether oxygens (including phenoxy) is 2. The fourth-order valence-corrected chi connectivity index (χ4v) is 2.92. The van der Waals surface area contributed by atoms with Crippen molar-refractivity contribution in [3.05, 3.63) is 27.7 Å². The van der Waals surface area contributed by atoms with Gasteiger partial charge in [-0.25, -0.2) is 13.2 Å². The van der Waals surface area contributed by atoms with E-state index in [2.05, 4.69) is 0 Å². The zero-order valence-corrected chi connectivity index (χ0v) is 12.7. The maximum atomic E-state index is 11.6. The zero-order chi connectivity index (χ0) is 14.6. The zero-order valence-electron chi connectivity index (χ0n) is 9.65. The SMILES string of the molecule is COCCOC(=O)c1cc(Cl)c(Cl)c(S(=O)(=O)Cl)c1. The smallest absolute Gasteiger partial charge is 0.338 e.